The number of rotatable bonds is 3. The lowest BCUT2D eigenvalue weighted by molar-refractivity contribution is 0.273. The van der Waals surface area contributed by atoms with Crippen LogP contribution in [0.25, 0.3) is 0 Å². The van der Waals surface area contributed by atoms with Crippen molar-refractivity contribution in [2.45, 2.75) is 31.8 Å². The Labute approximate surface area is 126 Å². The molecule has 3 nitrogen and oxygen atoms in total. The molecule has 0 radical (unpaired) electrons. The maximum Gasteiger partial charge on any atom is 0.0471 e. The van der Waals surface area contributed by atoms with Crippen LogP contribution in [0.15, 0.2) is 18.2 Å². The normalized spacial score (nSPS) is 23.7. The van der Waals surface area contributed by atoms with E-state index in [1.54, 1.807) is 0 Å². The van der Waals surface area contributed by atoms with Gasteiger partial charge in [0, 0.05) is 48.5 Å². The van der Waals surface area contributed by atoms with Gasteiger partial charge in [0.05, 0.1) is 0 Å². The molecule has 0 bridgehead atoms. The highest BCUT2D eigenvalue weighted by molar-refractivity contribution is 6.31. The number of nitrogens with zero attached hydrogens (tertiary/aromatic N) is 2. The Morgan fingerprint density at radius 2 is 2.10 bits per heavy atom. The molecule has 1 N–H and O–H groups in total. The van der Waals surface area contributed by atoms with Crippen molar-refractivity contribution in [3.8, 4) is 0 Å². The quantitative estimate of drug-likeness (QED) is 0.924. The van der Waals surface area contributed by atoms with Crippen LogP contribution in [0.3, 0.4) is 0 Å². The summed E-state index contributed by atoms with van der Waals surface area (Å²) >= 11 is 6.40. The Morgan fingerprint density at radius 3 is 2.95 bits per heavy atom. The monoisotopic (exact) mass is 293 g/mol. The van der Waals surface area contributed by atoms with E-state index in [4.69, 9.17) is 11.6 Å². The molecule has 2 saturated heterocycles. The first-order valence-corrected chi connectivity index (χ1v) is 8.08. The van der Waals surface area contributed by atoms with Crippen LogP contribution in [0.5, 0.6) is 0 Å². The minimum atomic E-state index is 0.735. The summed E-state index contributed by atoms with van der Waals surface area (Å²) in [7, 11) is 1.98. The molecular weight excluding hydrogens is 270 g/mol. The highest BCUT2D eigenvalue weighted by atomic mass is 35.5. The first-order valence-electron chi connectivity index (χ1n) is 7.70. The molecule has 1 atom stereocenters. The molecule has 2 fully saturated rings. The van der Waals surface area contributed by atoms with Gasteiger partial charge in [-0.15, -0.1) is 0 Å². The van der Waals surface area contributed by atoms with Crippen molar-refractivity contribution in [2.24, 2.45) is 0 Å². The zero-order valence-corrected chi connectivity index (χ0v) is 13.0. The van der Waals surface area contributed by atoms with E-state index < -0.39 is 0 Å². The molecule has 110 valence electrons. The van der Waals surface area contributed by atoms with Gasteiger partial charge in [-0.2, -0.15) is 0 Å². The van der Waals surface area contributed by atoms with Gasteiger partial charge in [-0.1, -0.05) is 17.7 Å². The Hall–Kier alpha value is -0.770. The van der Waals surface area contributed by atoms with E-state index in [-0.39, 0.29) is 0 Å². The van der Waals surface area contributed by atoms with Gasteiger partial charge in [-0.25, -0.2) is 0 Å². The second-order valence-electron chi connectivity index (χ2n) is 5.90. The molecule has 1 aromatic rings. The van der Waals surface area contributed by atoms with Gasteiger partial charge in [0.2, 0.25) is 0 Å². The lowest BCUT2D eigenvalue weighted by Gasteiger charge is -2.29. The number of hydrogen-bond donors (Lipinski definition) is 1. The van der Waals surface area contributed by atoms with Gasteiger partial charge in [-0.3, -0.25) is 4.90 Å². The van der Waals surface area contributed by atoms with Crippen molar-refractivity contribution in [1.29, 1.82) is 0 Å². The largest absolute Gasteiger partial charge is 0.370 e. The summed E-state index contributed by atoms with van der Waals surface area (Å²) in [4.78, 5) is 5.22. The van der Waals surface area contributed by atoms with E-state index in [0.717, 1.165) is 30.7 Å². The SMILES string of the molecule is CNCc1c(Cl)cccc1N1CCCN2CCCC2C1. The fourth-order valence-electron chi connectivity index (χ4n) is 3.62. The van der Waals surface area contributed by atoms with Crippen molar-refractivity contribution in [1.82, 2.24) is 10.2 Å². The van der Waals surface area contributed by atoms with Gasteiger partial charge in [0.25, 0.3) is 0 Å². The molecule has 0 saturated carbocycles. The predicted octanol–water partition coefficient (Wildman–Crippen LogP) is 2.73. The molecule has 4 heteroatoms. The van der Waals surface area contributed by atoms with Crippen LogP contribution in [0.4, 0.5) is 5.69 Å². The molecule has 0 aliphatic carbocycles. The number of nitrogens with one attached hydrogen (secondary N) is 1. The van der Waals surface area contributed by atoms with Gasteiger partial charge in [-0.05, 0) is 45.0 Å². The third kappa shape index (κ3) is 2.80. The third-order valence-corrected chi connectivity index (χ3v) is 4.95. The second-order valence-corrected chi connectivity index (χ2v) is 6.31. The first kappa shape index (κ1) is 14.2. The topological polar surface area (TPSA) is 18.5 Å². The van der Waals surface area contributed by atoms with Crippen molar-refractivity contribution in [3.05, 3.63) is 28.8 Å². The van der Waals surface area contributed by atoms with Gasteiger partial charge in [0.1, 0.15) is 0 Å². The maximum atomic E-state index is 6.40. The maximum absolute atomic E-state index is 6.40. The average Bonchev–Trinajstić information content (AvgIpc) is 2.79. The number of halogens is 1. The Bertz CT molecular complexity index is 463. The molecule has 0 amide bonds. The van der Waals surface area contributed by atoms with E-state index in [0.29, 0.717) is 0 Å². The molecule has 20 heavy (non-hydrogen) atoms. The van der Waals surface area contributed by atoms with Gasteiger partial charge in [0.15, 0.2) is 0 Å². The van der Waals surface area contributed by atoms with Crippen LogP contribution >= 0.6 is 11.6 Å². The van der Waals surface area contributed by atoms with E-state index in [1.165, 1.54) is 43.6 Å². The van der Waals surface area contributed by atoms with Crippen LogP contribution in [-0.4, -0.2) is 44.2 Å². The molecule has 3 rings (SSSR count). The molecule has 0 spiro atoms. The van der Waals surface area contributed by atoms with Crippen LogP contribution in [0, 0.1) is 0 Å². The molecular formula is C16H24ClN3. The minimum absolute atomic E-state index is 0.735. The summed E-state index contributed by atoms with van der Waals surface area (Å²) in [6, 6.07) is 7.04. The van der Waals surface area contributed by atoms with Gasteiger partial charge >= 0.3 is 0 Å². The zero-order chi connectivity index (χ0) is 13.9. The molecule has 2 aliphatic heterocycles. The number of hydrogen-bond acceptors (Lipinski definition) is 3. The minimum Gasteiger partial charge on any atom is -0.370 e. The zero-order valence-electron chi connectivity index (χ0n) is 12.2. The second kappa shape index (κ2) is 6.33. The van der Waals surface area contributed by atoms with Crippen LogP contribution in [0.1, 0.15) is 24.8 Å². The number of fused-ring (bicyclic) bond motifs is 1. The van der Waals surface area contributed by atoms with Crippen LogP contribution < -0.4 is 10.2 Å². The third-order valence-electron chi connectivity index (χ3n) is 4.59. The van der Waals surface area contributed by atoms with E-state index in [1.807, 2.05) is 13.1 Å². The fourth-order valence-corrected chi connectivity index (χ4v) is 3.86. The first-order chi connectivity index (χ1) is 9.79. The summed E-state index contributed by atoms with van der Waals surface area (Å²) in [5.41, 5.74) is 2.56. The molecule has 1 aromatic carbocycles. The molecule has 1 unspecified atom stereocenters. The molecule has 2 aliphatic rings. The van der Waals surface area contributed by atoms with Crippen molar-refractivity contribution < 1.29 is 0 Å². The summed E-state index contributed by atoms with van der Waals surface area (Å²) in [6.45, 7) is 5.67. The standard InChI is InChI=1S/C16H24ClN3/c1-18-11-14-15(17)6-2-7-16(14)20-10-4-9-19-8-3-5-13(19)12-20/h2,6-7,13,18H,3-5,8-12H2,1H3. The Morgan fingerprint density at radius 1 is 1.25 bits per heavy atom. The van der Waals surface area contributed by atoms with Crippen LogP contribution in [0.2, 0.25) is 5.02 Å². The van der Waals surface area contributed by atoms with Crippen LogP contribution in [-0.2, 0) is 6.54 Å². The summed E-state index contributed by atoms with van der Waals surface area (Å²) in [5, 5.41) is 4.12. The van der Waals surface area contributed by atoms with Crippen molar-refractivity contribution in [2.75, 3.05) is 38.1 Å². The summed E-state index contributed by atoms with van der Waals surface area (Å²) in [6.07, 6.45) is 3.96. The number of benzene rings is 1. The van der Waals surface area contributed by atoms with E-state index in [9.17, 15) is 0 Å². The average molecular weight is 294 g/mol. The number of anilines is 1. The molecule has 0 aromatic heterocycles. The summed E-state index contributed by atoms with van der Waals surface area (Å²) < 4.78 is 0. The lowest BCUT2D eigenvalue weighted by atomic mass is 10.1. The van der Waals surface area contributed by atoms with E-state index >= 15 is 0 Å². The van der Waals surface area contributed by atoms with Gasteiger partial charge < -0.3 is 10.2 Å². The smallest absolute Gasteiger partial charge is 0.0471 e. The predicted molar refractivity (Wildman–Crippen MR) is 85.6 cm³/mol. The summed E-state index contributed by atoms with van der Waals surface area (Å²) in [5.74, 6) is 0. The van der Waals surface area contributed by atoms with Crippen molar-refractivity contribution >= 4 is 17.3 Å². The highest BCUT2D eigenvalue weighted by Gasteiger charge is 2.29. The Balaban J connectivity index is 1.86. The fraction of sp³-hybridized carbons (Fsp3) is 0.625. The highest BCUT2D eigenvalue weighted by Crippen LogP contribution is 2.30. The lowest BCUT2D eigenvalue weighted by Crippen LogP contribution is -2.37. The molecule has 2 heterocycles. The van der Waals surface area contributed by atoms with Crippen molar-refractivity contribution in [3.63, 3.8) is 0 Å². The Kier molecular flexibility index (Phi) is 4.49. The van der Waals surface area contributed by atoms with E-state index in [2.05, 4.69) is 27.2 Å².